The van der Waals surface area contributed by atoms with Gasteiger partial charge in [0.05, 0.1) is 13.2 Å². The van der Waals surface area contributed by atoms with Crippen LogP contribution in [0.5, 0.6) is 0 Å². The van der Waals surface area contributed by atoms with Crippen molar-refractivity contribution in [1.82, 2.24) is 10.3 Å². The summed E-state index contributed by atoms with van der Waals surface area (Å²) in [5.41, 5.74) is 2.32. The number of nitrogens with one attached hydrogen (secondary N) is 1. The van der Waals surface area contributed by atoms with Crippen LogP contribution < -0.4 is 5.32 Å². The largest absolute Gasteiger partial charge is 0.375 e. The molecule has 1 aromatic rings. The number of nitrogens with zero attached hydrogens (tertiary/aromatic N) is 1. The summed E-state index contributed by atoms with van der Waals surface area (Å²) in [6.45, 7) is 7.44. The van der Waals surface area contributed by atoms with Gasteiger partial charge in [-0.1, -0.05) is 13.0 Å². The fourth-order valence-corrected chi connectivity index (χ4v) is 1.21. The van der Waals surface area contributed by atoms with E-state index in [9.17, 15) is 0 Å². The van der Waals surface area contributed by atoms with Gasteiger partial charge in [0.15, 0.2) is 0 Å². The van der Waals surface area contributed by atoms with Crippen molar-refractivity contribution in [3.63, 3.8) is 0 Å². The Balaban J connectivity index is 2.18. The molecule has 0 unspecified atom stereocenters. The molecule has 3 nitrogen and oxygen atoms in total. The van der Waals surface area contributed by atoms with Gasteiger partial charge in [0.1, 0.15) is 0 Å². The van der Waals surface area contributed by atoms with Crippen LogP contribution in [0.4, 0.5) is 0 Å². The fourth-order valence-electron chi connectivity index (χ4n) is 1.21. The summed E-state index contributed by atoms with van der Waals surface area (Å²) in [6.07, 6.45) is 3.70. The van der Waals surface area contributed by atoms with E-state index < -0.39 is 0 Å². The topological polar surface area (TPSA) is 34.1 Å². The minimum atomic E-state index is 0.653. The molecule has 0 fully saturated rings. The molecule has 0 amide bonds. The Bertz CT molecular complexity index is 263. The van der Waals surface area contributed by atoms with E-state index in [2.05, 4.69) is 23.3 Å². The Kier molecular flexibility index (Phi) is 5.19. The minimum Gasteiger partial charge on any atom is -0.375 e. The van der Waals surface area contributed by atoms with Gasteiger partial charge in [-0.25, -0.2) is 0 Å². The summed E-state index contributed by atoms with van der Waals surface area (Å²) in [4.78, 5) is 4.10. The average Bonchev–Trinajstić information content (AvgIpc) is 2.18. The van der Waals surface area contributed by atoms with Gasteiger partial charge in [-0.15, -0.1) is 0 Å². The maximum absolute atomic E-state index is 5.47. The average molecular weight is 194 g/mol. The first kappa shape index (κ1) is 11.1. The number of hydrogen-bond acceptors (Lipinski definition) is 3. The van der Waals surface area contributed by atoms with Gasteiger partial charge in [-0.2, -0.15) is 0 Å². The van der Waals surface area contributed by atoms with E-state index in [0.717, 1.165) is 25.3 Å². The van der Waals surface area contributed by atoms with Crippen molar-refractivity contribution in [2.45, 2.75) is 20.5 Å². The standard InChI is InChI=1S/C11H18N2O/c1-3-12-4-5-14-9-11-6-10(2)7-13-8-11/h6-8,12H,3-5,9H2,1-2H3. The van der Waals surface area contributed by atoms with Crippen LogP contribution in [0.3, 0.4) is 0 Å². The normalized spacial score (nSPS) is 10.4. The lowest BCUT2D eigenvalue weighted by Gasteiger charge is -2.04. The van der Waals surface area contributed by atoms with Gasteiger partial charge in [-0.05, 0) is 24.6 Å². The van der Waals surface area contributed by atoms with E-state index in [-0.39, 0.29) is 0 Å². The van der Waals surface area contributed by atoms with Gasteiger partial charge < -0.3 is 10.1 Å². The van der Waals surface area contributed by atoms with E-state index in [1.54, 1.807) is 0 Å². The Hall–Kier alpha value is -0.930. The van der Waals surface area contributed by atoms with Crippen molar-refractivity contribution in [3.8, 4) is 0 Å². The molecule has 0 saturated carbocycles. The zero-order chi connectivity index (χ0) is 10.2. The quantitative estimate of drug-likeness (QED) is 0.697. The molecule has 0 spiro atoms. The summed E-state index contributed by atoms with van der Waals surface area (Å²) in [5.74, 6) is 0. The molecule has 78 valence electrons. The predicted octanol–water partition coefficient (Wildman–Crippen LogP) is 1.52. The molecular weight excluding hydrogens is 176 g/mol. The minimum absolute atomic E-state index is 0.653. The molecule has 3 heteroatoms. The molecule has 0 radical (unpaired) electrons. The predicted molar refractivity (Wildman–Crippen MR) is 57.2 cm³/mol. The number of rotatable bonds is 6. The first-order valence-electron chi connectivity index (χ1n) is 5.02. The van der Waals surface area contributed by atoms with Crippen molar-refractivity contribution in [1.29, 1.82) is 0 Å². The number of hydrogen-bond donors (Lipinski definition) is 1. The molecule has 0 bridgehead atoms. The van der Waals surface area contributed by atoms with Gasteiger partial charge in [-0.3, -0.25) is 4.98 Å². The molecule has 0 aromatic carbocycles. The molecule has 0 atom stereocenters. The van der Waals surface area contributed by atoms with E-state index in [1.165, 1.54) is 5.56 Å². The Morgan fingerprint density at radius 2 is 2.29 bits per heavy atom. The van der Waals surface area contributed by atoms with Crippen molar-refractivity contribution < 1.29 is 4.74 Å². The van der Waals surface area contributed by atoms with Crippen LogP contribution in [-0.2, 0) is 11.3 Å². The van der Waals surface area contributed by atoms with Crippen LogP contribution in [0.25, 0.3) is 0 Å². The van der Waals surface area contributed by atoms with Crippen LogP contribution in [0.15, 0.2) is 18.5 Å². The maximum Gasteiger partial charge on any atom is 0.0732 e. The highest BCUT2D eigenvalue weighted by Crippen LogP contribution is 2.02. The third-order valence-electron chi connectivity index (χ3n) is 1.87. The van der Waals surface area contributed by atoms with Crippen LogP contribution in [0, 0.1) is 6.92 Å². The van der Waals surface area contributed by atoms with Gasteiger partial charge >= 0.3 is 0 Å². The highest BCUT2D eigenvalue weighted by molar-refractivity contribution is 5.15. The second kappa shape index (κ2) is 6.51. The number of aromatic nitrogens is 1. The molecule has 1 aromatic heterocycles. The van der Waals surface area contributed by atoms with Crippen LogP contribution >= 0.6 is 0 Å². The maximum atomic E-state index is 5.47. The molecule has 14 heavy (non-hydrogen) atoms. The first-order chi connectivity index (χ1) is 6.83. The lowest BCUT2D eigenvalue weighted by molar-refractivity contribution is 0.123. The van der Waals surface area contributed by atoms with Crippen molar-refractivity contribution in [3.05, 3.63) is 29.6 Å². The van der Waals surface area contributed by atoms with Crippen molar-refractivity contribution >= 4 is 0 Å². The number of pyridine rings is 1. The van der Waals surface area contributed by atoms with Crippen LogP contribution in [0.2, 0.25) is 0 Å². The lowest BCUT2D eigenvalue weighted by Crippen LogP contribution is -2.18. The second-order valence-electron chi connectivity index (χ2n) is 3.28. The highest BCUT2D eigenvalue weighted by atomic mass is 16.5. The molecule has 0 aliphatic heterocycles. The third-order valence-corrected chi connectivity index (χ3v) is 1.87. The van der Waals surface area contributed by atoms with Crippen LogP contribution in [0.1, 0.15) is 18.1 Å². The number of likely N-dealkylation sites (N-methyl/N-ethyl adjacent to an activating group) is 1. The van der Waals surface area contributed by atoms with Crippen LogP contribution in [-0.4, -0.2) is 24.7 Å². The highest BCUT2D eigenvalue weighted by Gasteiger charge is 1.93. The zero-order valence-corrected chi connectivity index (χ0v) is 8.92. The molecule has 1 heterocycles. The molecule has 0 aliphatic rings. The summed E-state index contributed by atoms with van der Waals surface area (Å²) in [7, 11) is 0. The third kappa shape index (κ3) is 4.35. The van der Waals surface area contributed by atoms with Crippen molar-refractivity contribution in [2.75, 3.05) is 19.7 Å². The Labute approximate surface area is 85.5 Å². The smallest absolute Gasteiger partial charge is 0.0732 e. The number of ether oxygens (including phenoxy) is 1. The fraction of sp³-hybridized carbons (Fsp3) is 0.545. The second-order valence-corrected chi connectivity index (χ2v) is 3.28. The molecule has 0 saturated heterocycles. The summed E-state index contributed by atoms with van der Waals surface area (Å²) >= 11 is 0. The molecule has 1 N–H and O–H groups in total. The SMILES string of the molecule is CCNCCOCc1cncc(C)c1. The summed E-state index contributed by atoms with van der Waals surface area (Å²) in [5, 5.41) is 3.21. The summed E-state index contributed by atoms with van der Waals surface area (Å²) < 4.78 is 5.47. The van der Waals surface area contributed by atoms with Crippen molar-refractivity contribution in [2.24, 2.45) is 0 Å². The molecular formula is C11H18N2O. The van der Waals surface area contributed by atoms with E-state index in [1.807, 2.05) is 19.3 Å². The van der Waals surface area contributed by atoms with E-state index in [4.69, 9.17) is 4.74 Å². The summed E-state index contributed by atoms with van der Waals surface area (Å²) in [6, 6.07) is 2.10. The van der Waals surface area contributed by atoms with Gasteiger partial charge in [0.2, 0.25) is 0 Å². The first-order valence-corrected chi connectivity index (χ1v) is 5.02. The number of aryl methyl sites for hydroxylation is 1. The Morgan fingerprint density at radius 3 is 3.00 bits per heavy atom. The zero-order valence-electron chi connectivity index (χ0n) is 8.92. The molecule has 1 rings (SSSR count). The van der Waals surface area contributed by atoms with Gasteiger partial charge in [0, 0.05) is 18.9 Å². The Morgan fingerprint density at radius 1 is 1.43 bits per heavy atom. The molecule has 0 aliphatic carbocycles. The van der Waals surface area contributed by atoms with E-state index >= 15 is 0 Å². The van der Waals surface area contributed by atoms with E-state index in [0.29, 0.717) is 6.61 Å². The monoisotopic (exact) mass is 194 g/mol. The van der Waals surface area contributed by atoms with Gasteiger partial charge in [0.25, 0.3) is 0 Å². The lowest BCUT2D eigenvalue weighted by atomic mass is 10.2.